The Morgan fingerprint density at radius 2 is 2.00 bits per heavy atom. The van der Waals surface area contributed by atoms with Crippen molar-refractivity contribution in [3.63, 3.8) is 0 Å². The highest BCUT2D eigenvalue weighted by Crippen LogP contribution is 2.21. The van der Waals surface area contributed by atoms with Crippen LogP contribution in [0.3, 0.4) is 0 Å². The molecular formula is C17H25N5. The molecule has 2 aromatic heterocycles. The molecular weight excluding hydrogens is 274 g/mol. The average molecular weight is 299 g/mol. The number of rotatable bonds is 5. The number of piperidine rings is 1. The maximum atomic E-state index is 4.60. The van der Waals surface area contributed by atoms with Crippen LogP contribution in [0, 0.1) is 13.8 Å². The van der Waals surface area contributed by atoms with E-state index in [-0.39, 0.29) is 0 Å². The molecule has 0 aromatic carbocycles. The zero-order chi connectivity index (χ0) is 15.4. The summed E-state index contributed by atoms with van der Waals surface area (Å²) in [6.45, 7) is 7.10. The standard InChI is InChI=1S/C17H25N5/c1-14-12-15(2)20-17(19-14)13-21-9-4-3-6-16(21)7-11-22-10-5-8-18-22/h5,8,10,12,16H,3-4,6-7,9,11,13H2,1-2H3/t16-/m0/s1. The Labute approximate surface area is 132 Å². The van der Waals surface area contributed by atoms with Crippen LogP contribution in [0.2, 0.25) is 0 Å². The predicted octanol–water partition coefficient (Wildman–Crippen LogP) is 2.73. The molecule has 1 aliphatic rings. The molecule has 0 aliphatic carbocycles. The number of nitrogens with zero attached hydrogens (tertiary/aromatic N) is 5. The lowest BCUT2D eigenvalue weighted by Gasteiger charge is -2.35. The van der Waals surface area contributed by atoms with E-state index >= 15 is 0 Å². The molecule has 2 aromatic rings. The van der Waals surface area contributed by atoms with Crippen molar-refractivity contribution in [2.24, 2.45) is 0 Å². The van der Waals surface area contributed by atoms with Crippen LogP contribution in [0.4, 0.5) is 0 Å². The monoisotopic (exact) mass is 299 g/mol. The van der Waals surface area contributed by atoms with Gasteiger partial charge < -0.3 is 0 Å². The third-order valence-corrected chi connectivity index (χ3v) is 4.37. The second-order valence-corrected chi connectivity index (χ2v) is 6.24. The van der Waals surface area contributed by atoms with E-state index in [9.17, 15) is 0 Å². The Bertz CT molecular complexity index is 573. The molecule has 0 N–H and O–H groups in total. The third-order valence-electron chi connectivity index (χ3n) is 4.37. The van der Waals surface area contributed by atoms with E-state index in [1.165, 1.54) is 19.3 Å². The van der Waals surface area contributed by atoms with E-state index in [0.29, 0.717) is 6.04 Å². The molecule has 3 rings (SSSR count). The van der Waals surface area contributed by atoms with Gasteiger partial charge >= 0.3 is 0 Å². The highest BCUT2D eigenvalue weighted by Gasteiger charge is 2.23. The molecule has 0 bridgehead atoms. The first-order chi connectivity index (χ1) is 10.7. The van der Waals surface area contributed by atoms with Gasteiger partial charge in [0.1, 0.15) is 5.82 Å². The molecule has 0 spiro atoms. The largest absolute Gasteiger partial charge is 0.293 e. The first kappa shape index (κ1) is 15.2. The maximum Gasteiger partial charge on any atom is 0.142 e. The number of likely N-dealkylation sites (tertiary alicyclic amines) is 1. The molecule has 0 amide bonds. The Hall–Kier alpha value is -1.75. The van der Waals surface area contributed by atoms with Crippen molar-refractivity contribution in [2.75, 3.05) is 6.54 Å². The SMILES string of the molecule is Cc1cc(C)nc(CN2CCCC[C@H]2CCn2cccn2)n1. The summed E-state index contributed by atoms with van der Waals surface area (Å²) >= 11 is 0. The Morgan fingerprint density at radius 1 is 1.18 bits per heavy atom. The minimum atomic E-state index is 0.613. The number of aryl methyl sites for hydroxylation is 3. The molecule has 5 nitrogen and oxygen atoms in total. The topological polar surface area (TPSA) is 46.8 Å². The third kappa shape index (κ3) is 3.91. The zero-order valence-corrected chi connectivity index (χ0v) is 13.6. The summed E-state index contributed by atoms with van der Waals surface area (Å²) in [4.78, 5) is 11.8. The van der Waals surface area contributed by atoms with Gasteiger partial charge in [0.2, 0.25) is 0 Å². The van der Waals surface area contributed by atoms with Crippen molar-refractivity contribution in [3.8, 4) is 0 Å². The predicted molar refractivity (Wildman–Crippen MR) is 86.4 cm³/mol. The van der Waals surface area contributed by atoms with Crippen molar-refractivity contribution in [3.05, 3.63) is 41.7 Å². The minimum absolute atomic E-state index is 0.613. The molecule has 118 valence electrons. The molecule has 1 atom stereocenters. The van der Waals surface area contributed by atoms with Gasteiger partial charge in [0.05, 0.1) is 6.54 Å². The Balaban J connectivity index is 1.64. The molecule has 1 fully saturated rings. The van der Waals surface area contributed by atoms with Gasteiger partial charge in [-0.2, -0.15) is 5.10 Å². The van der Waals surface area contributed by atoms with E-state index in [1.807, 2.05) is 43.1 Å². The van der Waals surface area contributed by atoms with E-state index in [1.54, 1.807) is 0 Å². The average Bonchev–Trinajstić information content (AvgIpc) is 2.98. The Morgan fingerprint density at radius 3 is 2.73 bits per heavy atom. The van der Waals surface area contributed by atoms with Gasteiger partial charge in [-0.05, 0) is 51.8 Å². The quantitative estimate of drug-likeness (QED) is 0.851. The second-order valence-electron chi connectivity index (χ2n) is 6.24. The molecule has 3 heterocycles. The fourth-order valence-electron chi connectivity index (χ4n) is 3.36. The molecule has 0 saturated carbocycles. The summed E-state index contributed by atoms with van der Waals surface area (Å²) in [6.07, 6.45) is 8.91. The molecule has 0 radical (unpaired) electrons. The summed E-state index contributed by atoms with van der Waals surface area (Å²) in [5, 5.41) is 4.31. The van der Waals surface area contributed by atoms with Gasteiger partial charge in [-0.25, -0.2) is 9.97 Å². The van der Waals surface area contributed by atoms with Crippen LogP contribution in [0.15, 0.2) is 24.5 Å². The molecule has 5 heteroatoms. The lowest BCUT2D eigenvalue weighted by molar-refractivity contribution is 0.124. The molecule has 0 unspecified atom stereocenters. The molecule has 1 saturated heterocycles. The maximum absolute atomic E-state index is 4.60. The number of hydrogen-bond acceptors (Lipinski definition) is 4. The first-order valence-electron chi connectivity index (χ1n) is 8.23. The first-order valence-corrected chi connectivity index (χ1v) is 8.23. The van der Waals surface area contributed by atoms with E-state index in [0.717, 1.165) is 43.3 Å². The highest BCUT2D eigenvalue weighted by molar-refractivity contribution is 5.08. The second kappa shape index (κ2) is 7.01. The van der Waals surface area contributed by atoms with Crippen LogP contribution < -0.4 is 0 Å². The number of hydrogen-bond donors (Lipinski definition) is 0. The van der Waals surface area contributed by atoms with Crippen LogP contribution in [0.25, 0.3) is 0 Å². The van der Waals surface area contributed by atoms with Crippen molar-refractivity contribution in [2.45, 2.75) is 58.7 Å². The van der Waals surface area contributed by atoms with Gasteiger partial charge in [-0.3, -0.25) is 9.58 Å². The van der Waals surface area contributed by atoms with Crippen LogP contribution >= 0.6 is 0 Å². The summed E-state index contributed by atoms with van der Waals surface area (Å²) in [5.41, 5.74) is 2.13. The molecule has 22 heavy (non-hydrogen) atoms. The van der Waals surface area contributed by atoms with Gasteiger partial charge in [0.15, 0.2) is 0 Å². The minimum Gasteiger partial charge on any atom is -0.293 e. The molecule has 1 aliphatic heterocycles. The normalized spacial score (nSPS) is 19.5. The Kier molecular flexibility index (Phi) is 4.83. The van der Waals surface area contributed by atoms with Crippen LogP contribution in [-0.2, 0) is 13.1 Å². The van der Waals surface area contributed by atoms with Gasteiger partial charge in [-0.15, -0.1) is 0 Å². The van der Waals surface area contributed by atoms with Crippen LogP contribution in [0.5, 0.6) is 0 Å². The summed E-state index contributed by atoms with van der Waals surface area (Å²) in [5.74, 6) is 0.962. The van der Waals surface area contributed by atoms with Gasteiger partial charge in [0, 0.05) is 36.4 Å². The van der Waals surface area contributed by atoms with E-state index in [4.69, 9.17) is 0 Å². The van der Waals surface area contributed by atoms with Crippen molar-refractivity contribution in [1.29, 1.82) is 0 Å². The lowest BCUT2D eigenvalue weighted by Crippen LogP contribution is -2.40. The van der Waals surface area contributed by atoms with Crippen LogP contribution in [-0.4, -0.2) is 37.2 Å². The van der Waals surface area contributed by atoms with Crippen LogP contribution in [0.1, 0.15) is 42.9 Å². The van der Waals surface area contributed by atoms with Gasteiger partial charge in [0.25, 0.3) is 0 Å². The van der Waals surface area contributed by atoms with Crippen molar-refractivity contribution >= 4 is 0 Å². The van der Waals surface area contributed by atoms with Crippen molar-refractivity contribution in [1.82, 2.24) is 24.6 Å². The number of aromatic nitrogens is 4. The van der Waals surface area contributed by atoms with Gasteiger partial charge in [-0.1, -0.05) is 6.42 Å². The lowest BCUT2D eigenvalue weighted by atomic mass is 9.99. The van der Waals surface area contributed by atoms with E-state index in [2.05, 4.69) is 20.0 Å². The fourth-order valence-corrected chi connectivity index (χ4v) is 3.36. The fraction of sp³-hybridized carbons (Fsp3) is 0.588. The zero-order valence-electron chi connectivity index (χ0n) is 13.6. The smallest absolute Gasteiger partial charge is 0.142 e. The summed E-state index contributed by atoms with van der Waals surface area (Å²) < 4.78 is 2.03. The summed E-state index contributed by atoms with van der Waals surface area (Å²) in [7, 11) is 0. The summed E-state index contributed by atoms with van der Waals surface area (Å²) in [6, 6.07) is 4.64. The van der Waals surface area contributed by atoms with Crippen molar-refractivity contribution < 1.29 is 0 Å². The van der Waals surface area contributed by atoms with E-state index < -0.39 is 0 Å². The highest BCUT2D eigenvalue weighted by atomic mass is 15.3.